The van der Waals surface area contributed by atoms with Gasteiger partial charge in [-0.25, -0.2) is 4.79 Å². The number of hydrogen-bond acceptors (Lipinski definition) is 3. The molecule has 0 unspecified atom stereocenters. The van der Waals surface area contributed by atoms with Crippen LogP contribution in [0.3, 0.4) is 0 Å². The lowest BCUT2D eigenvalue weighted by Crippen LogP contribution is -2.12. The molecular formula is C18H14BrNO3. The number of carbonyl (C=O) groups excluding carboxylic acids is 2. The Labute approximate surface area is 141 Å². The molecule has 0 saturated carbocycles. The van der Waals surface area contributed by atoms with Crippen molar-refractivity contribution in [3.63, 3.8) is 0 Å². The topological polar surface area (TPSA) is 59.2 Å². The van der Waals surface area contributed by atoms with E-state index in [-0.39, 0.29) is 12.4 Å². The molecule has 116 valence electrons. The van der Waals surface area contributed by atoms with Crippen LogP contribution >= 0.6 is 15.9 Å². The van der Waals surface area contributed by atoms with Crippen LogP contribution in [0, 0.1) is 0 Å². The average Bonchev–Trinajstić information content (AvgIpc) is 2.92. The monoisotopic (exact) mass is 371 g/mol. The summed E-state index contributed by atoms with van der Waals surface area (Å²) in [6, 6.07) is 15.4. The number of nitrogens with one attached hydrogen (secondary N) is 1. The number of carbonyl (C=O) groups is 2. The molecule has 0 spiro atoms. The molecule has 0 bridgehead atoms. The molecule has 2 aromatic carbocycles. The number of Topliss-reactive ketones (excluding diaryl/α,β-unsaturated/α-hetero) is 1. The molecule has 0 fully saturated rings. The maximum Gasteiger partial charge on any atom is 0.355 e. The fourth-order valence-corrected chi connectivity index (χ4v) is 2.82. The van der Waals surface area contributed by atoms with Gasteiger partial charge in [-0.1, -0.05) is 46.3 Å². The summed E-state index contributed by atoms with van der Waals surface area (Å²) in [5.41, 5.74) is 2.87. The maximum atomic E-state index is 12.4. The number of halogens is 1. The smallest absolute Gasteiger partial charge is 0.355 e. The van der Waals surface area contributed by atoms with Gasteiger partial charge in [-0.2, -0.15) is 0 Å². The van der Waals surface area contributed by atoms with E-state index in [2.05, 4.69) is 20.9 Å². The van der Waals surface area contributed by atoms with E-state index >= 15 is 0 Å². The Morgan fingerprint density at radius 1 is 1.13 bits per heavy atom. The highest BCUT2D eigenvalue weighted by atomic mass is 79.9. The van der Waals surface area contributed by atoms with Crippen molar-refractivity contribution in [2.24, 2.45) is 0 Å². The molecule has 0 aliphatic heterocycles. The summed E-state index contributed by atoms with van der Waals surface area (Å²) in [7, 11) is 0. The number of H-pyrrole nitrogens is 1. The number of ketones is 1. The van der Waals surface area contributed by atoms with Crippen molar-refractivity contribution in [1.29, 1.82) is 0 Å². The molecular weight excluding hydrogens is 358 g/mol. The minimum Gasteiger partial charge on any atom is -0.453 e. The molecule has 0 saturated heterocycles. The second-order valence-corrected chi connectivity index (χ2v) is 6.12. The van der Waals surface area contributed by atoms with Crippen molar-refractivity contribution in [3.05, 3.63) is 58.7 Å². The van der Waals surface area contributed by atoms with Crippen molar-refractivity contribution in [2.75, 3.05) is 6.61 Å². The van der Waals surface area contributed by atoms with Gasteiger partial charge in [0.1, 0.15) is 12.3 Å². The number of benzene rings is 2. The summed E-state index contributed by atoms with van der Waals surface area (Å²) >= 11 is 3.46. The molecule has 1 heterocycles. The first-order valence-corrected chi connectivity index (χ1v) is 7.89. The Morgan fingerprint density at radius 2 is 1.87 bits per heavy atom. The highest BCUT2D eigenvalue weighted by Crippen LogP contribution is 2.34. The lowest BCUT2D eigenvalue weighted by Gasteiger charge is -2.05. The summed E-state index contributed by atoms with van der Waals surface area (Å²) in [6.45, 7) is 1.15. The number of aromatic amines is 1. The van der Waals surface area contributed by atoms with E-state index in [4.69, 9.17) is 4.74 Å². The average molecular weight is 372 g/mol. The largest absolute Gasteiger partial charge is 0.453 e. The number of ether oxygens (including phenoxy) is 1. The van der Waals surface area contributed by atoms with Gasteiger partial charge in [-0.3, -0.25) is 4.79 Å². The van der Waals surface area contributed by atoms with E-state index in [1.54, 1.807) is 0 Å². The number of hydrogen-bond donors (Lipinski definition) is 1. The predicted octanol–water partition coefficient (Wildman–Crippen LogP) is 4.34. The van der Waals surface area contributed by atoms with Crippen molar-refractivity contribution < 1.29 is 14.3 Å². The maximum absolute atomic E-state index is 12.4. The highest BCUT2D eigenvalue weighted by Gasteiger charge is 2.20. The second kappa shape index (κ2) is 6.38. The van der Waals surface area contributed by atoms with Crippen molar-refractivity contribution >= 4 is 38.6 Å². The van der Waals surface area contributed by atoms with E-state index in [9.17, 15) is 9.59 Å². The van der Waals surface area contributed by atoms with Gasteiger partial charge in [0.05, 0.1) is 0 Å². The Hall–Kier alpha value is -2.40. The summed E-state index contributed by atoms with van der Waals surface area (Å²) < 4.78 is 6.00. The molecule has 23 heavy (non-hydrogen) atoms. The van der Waals surface area contributed by atoms with Gasteiger partial charge in [0, 0.05) is 20.9 Å². The lowest BCUT2D eigenvalue weighted by molar-refractivity contribution is -0.120. The molecule has 0 aliphatic rings. The first-order valence-electron chi connectivity index (χ1n) is 7.09. The van der Waals surface area contributed by atoms with Gasteiger partial charge in [0.2, 0.25) is 0 Å². The van der Waals surface area contributed by atoms with Gasteiger partial charge in [-0.05, 0) is 30.7 Å². The van der Waals surface area contributed by atoms with Crippen LogP contribution in [-0.4, -0.2) is 23.3 Å². The van der Waals surface area contributed by atoms with Crippen LogP contribution in [0.2, 0.25) is 0 Å². The summed E-state index contributed by atoms with van der Waals surface area (Å²) in [5, 5.41) is 0.917. The van der Waals surface area contributed by atoms with E-state index < -0.39 is 5.97 Å². The summed E-state index contributed by atoms with van der Waals surface area (Å²) in [4.78, 5) is 26.5. The fourth-order valence-electron chi connectivity index (χ4n) is 2.46. The lowest BCUT2D eigenvalue weighted by atomic mass is 10.0. The minimum atomic E-state index is -0.536. The molecule has 3 aromatic rings. The Morgan fingerprint density at radius 3 is 2.57 bits per heavy atom. The van der Waals surface area contributed by atoms with Crippen LogP contribution in [0.1, 0.15) is 17.4 Å². The highest BCUT2D eigenvalue weighted by molar-refractivity contribution is 9.10. The molecule has 3 rings (SSSR count). The Kier molecular flexibility index (Phi) is 4.30. The van der Waals surface area contributed by atoms with Crippen LogP contribution in [0.5, 0.6) is 0 Å². The van der Waals surface area contributed by atoms with Crippen molar-refractivity contribution in [3.8, 4) is 11.1 Å². The van der Waals surface area contributed by atoms with Gasteiger partial charge in [0.15, 0.2) is 5.78 Å². The zero-order valence-corrected chi connectivity index (χ0v) is 14.0. The van der Waals surface area contributed by atoms with E-state index in [1.165, 1.54) is 6.92 Å². The normalized spacial score (nSPS) is 10.7. The van der Waals surface area contributed by atoms with E-state index in [0.29, 0.717) is 5.69 Å². The van der Waals surface area contributed by atoms with Gasteiger partial charge in [0.25, 0.3) is 0 Å². The van der Waals surface area contributed by atoms with Crippen LogP contribution in [0.4, 0.5) is 0 Å². The van der Waals surface area contributed by atoms with Gasteiger partial charge >= 0.3 is 5.97 Å². The molecule has 0 atom stereocenters. The quantitative estimate of drug-likeness (QED) is 0.693. The molecule has 1 aromatic heterocycles. The zero-order chi connectivity index (χ0) is 16.4. The molecule has 0 amide bonds. The predicted molar refractivity (Wildman–Crippen MR) is 92.4 cm³/mol. The number of rotatable bonds is 4. The first-order chi connectivity index (χ1) is 11.1. The molecule has 1 N–H and O–H groups in total. The Bertz CT molecular complexity index is 884. The zero-order valence-electron chi connectivity index (χ0n) is 12.4. The van der Waals surface area contributed by atoms with Crippen LogP contribution in [0.25, 0.3) is 22.0 Å². The number of aromatic nitrogens is 1. The first kappa shape index (κ1) is 15.5. The summed E-state index contributed by atoms with van der Waals surface area (Å²) in [5.74, 6) is -0.732. The minimum absolute atomic E-state index is 0.196. The van der Waals surface area contributed by atoms with Crippen LogP contribution < -0.4 is 0 Å². The fraction of sp³-hybridized carbons (Fsp3) is 0.111. The van der Waals surface area contributed by atoms with Crippen molar-refractivity contribution in [2.45, 2.75) is 6.92 Å². The second-order valence-electron chi connectivity index (χ2n) is 5.21. The van der Waals surface area contributed by atoms with Crippen LogP contribution in [0.15, 0.2) is 53.0 Å². The molecule has 5 heteroatoms. The third kappa shape index (κ3) is 3.19. The van der Waals surface area contributed by atoms with Crippen molar-refractivity contribution in [1.82, 2.24) is 4.98 Å². The van der Waals surface area contributed by atoms with E-state index in [0.717, 1.165) is 26.5 Å². The number of fused-ring (bicyclic) bond motifs is 1. The van der Waals surface area contributed by atoms with Crippen LogP contribution in [-0.2, 0) is 9.53 Å². The van der Waals surface area contributed by atoms with E-state index in [1.807, 2.05) is 48.5 Å². The van der Waals surface area contributed by atoms with Gasteiger partial charge in [-0.15, -0.1) is 0 Å². The molecule has 4 nitrogen and oxygen atoms in total. The molecule has 0 radical (unpaired) electrons. The van der Waals surface area contributed by atoms with Gasteiger partial charge < -0.3 is 9.72 Å². The third-order valence-corrected chi connectivity index (χ3v) is 3.93. The SMILES string of the molecule is CC(=O)COC(=O)c1[nH]c2ccc(Br)cc2c1-c1ccccc1. The Balaban J connectivity index is 2.17. The number of esters is 1. The third-order valence-electron chi connectivity index (χ3n) is 3.43. The standard InChI is InChI=1S/C18H14BrNO3/c1-11(21)10-23-18(22)17-16(12-5-3-2-4-6-12)14-9-13(19)7-8-15(14)20-17/h2-9,20H,10H2,1H3. The summed E-state index contributed by atoms with van der Waals surface area (Å²) in [6.07, 6.45) is 0. The molecule has 0 aliphatic carbocycles.